The predicted molar refractivity (Wildman–Crippen MR) is 114 cm³/mol. The zero-order chi connectivity index (χ0) is 18.7. The lowest BCUT2D eigenvalue weighted by molar-refractivity contribution is 0.278. The molecule has 3 nitrogen and oxygen atoms in total. The molecule has 1 N–H and O–H groups in total. The van der Waals surface area contributed by atoms with Crippen LogP contribution in [0.1, 0.15) is 48.8 Å². The number of anilines is 1. The van der Waals surface area contributed by atoms with Crippen molar-refractivity contribution in [1.82, 2.24) is 4.90 Å². The molecule has 1 aliphatic heterocycles. The fraction of sp³-hybridized carbons (Fsp3) is 0.458. The van der Waals surface area contributed by atoms with E-state index in [4.69, 9.17) is 4.99 Å². The van der Waals surface area contributed by atoms with Gasteiger partial charge in [0.1, 0.15) is 5.84 Å². The molecule has 1 spiro atoms. The van der Waals surface area contributed by atoms with Gasteiger partial charge in [0.15, 0.2) is 0 Å². The fourth-order valence-corrected chi connectivity index (χ4v) is 4.73. The molecule has 1 heterocycles. The van der Waals surface area contributed by atoms with Crippen molar-refractivity contribution in [2.75, 3.05) is 19.4 Å². The molecule has 0 radical (unpaired) electrons. The molecule has 2 aromatic carbocycles. The number of amidine groups is 1. The lowest BCUT2D eigenvalue weighted by Crippen LogP contribution is -2.43. The number of rotatable bonds is 4. The first kappa shape index (κ1) is 18.2. The summed E-state index contributed by atoms with van der Waals surface area (Å²) >= 11 is 0. The van der Waals surface area contributed by atoms with Crippen LogP contribution >= 0.6 is 0 Å². The van der Waals surface area contributed by atoms with Crippen LogP contribution in [0.4, 0.5) is 5.69 Å². The van der Waals surface area contributed by atoms with E-state index in [1.54, 1.807) is 0 Å². The standard InChI is InChI=1S/C24H31N3/c1-27(2)18-21-12-5-4-11-20(21)17-25-23-24(14-8-3-9-15-24)16-19-10-6-7-13-22(19)26-23/h4-7,10-13H,3,8-9,14-18H2,1-2H3,(H,25,26). The molecule has 0 bridgehead atoms. The third kappa shape index (κ3) is 3.93. The summed E-state index contributed by atoms with van der Waals surface area (Å²) in [6, 6.07) is 17.5. The third-order valence-electron chi connectivity index (χ3n) is 6.12. The molecular weight excluding hydrogens is 330 g/mol. The van der Waals surface area contributed by atoms with Crippen LogP contribution in [-0.4, -0.2) is 24.8 Å². The summed E-state index contributed by atoms with van der Waals surface area (Å²) in [5.41, 5.74) is 5.62. The minimum Gasteiger partial charge on any atom is -0.343 e. The molecule has 0 atom stereocenters. The minimum atomic E-state index is 0.211. The van der Waals surface area contributed by atoms with E-state index in [1.807, 2.05) is 0 Å². The topological polar surface area (TPSA) is 27.6 Å². The number of hydrogen-bond acceptors (Lipinski definition) is 2. The maximum atomic E-state index is 5.18. The molecule has 4 rings (SSSR count). The predicted octanol–water partition coefficient (Wildman–Crippen LogP) is 5.27. The van der Waals surface area contributed by atoms with Crippen molar-refractivity contribution in [2.45, 2.75) is 51.6 Å². The number of nitrogens with one attached hydrogen (secondary N) is 1. The SMILES string of the molecule is CN(C)Cc1ccccc1CN=C1Nc2ccccc2CC12CCCCC2. The van der Waals surface area contributed by atoms with Gasteiger partial charge in [-0.3, -0.25) is 4.99 Å². The number of benzene rings is 2. The van der Waals surface area contributed by atoms with E-state index in [0.29, 0.717) is 0 Å². The maximum absolute atomic E-state index is 5.18. The van der Waals surface area contributed by atoms with Crippen LogP contribution in [0.2, 0.25) is 0 Å². The van der Waals surface area contributed by atoms with Crippen LogP contribution in [0.15, 0.2) is 53.5 Å². The molecular formula is C24H31N3. The van der Waals surface area contributed by atoms with Gasteiger partial charge in [-0.1, -0.05) is 61.7 Å². The fourth-order valence-electron chi connectivity index (χ4n) is 4.73. The highest BCUT2D eigenvalue weighted by molar-refractivity contribution is 6.02. The minimum absolute atomic E-state index is 0.211. The second-order valence-electron chi connectivity index (χ2n) is 8.47. The van der Waals surface area contributed by atoms with Gasteiger partial charge in [-0.2, -0.15) is 0 Å². The van der Waals surface area contributed by atoms with Crippen molar-refractivity contribution in [3.8, 4) is 0 Å². The van der Waals surface area contributed by atoms with E-state index < -0.39 is 0 Å². The molecule has 1 aliphatic carbocycles. The monoisotopic (exact) mass is 361 g/mol. The Labute approximate surface area is 163 Å². The van der Waals surface area contributed by atoms with Crippen molar-refractivity contribution in [1.29, 1.82) is 0 Å². The van der Waals surface area contributed by atoms with Crippen molar-refractivity contribution < 1.29 is 0 Å². The van der Waals surface area contributed by atoms with Crippen molar-refractivity contribution >= 4 is 11.5 Å². The molecule has 1 fully saturated rings. The van der Waals surface area contributed by atoms with Crippen molar-refractivity contribution in [3.05, 3.63) is 65.2 Å². The Morgan fingerprint density at radius 1 is 0.926 bits per heavy atom. The molecule has 2 aromatic rings. The Hall–Kier alpha value is -2.13. The van der Waals surface area contributed by atoms with Gasteiger partial charge < -0.3 is 10.2 Å². The smallest absolute Gasteiger partial charge is 0.108 e. The van der Waals surface area contributed by atoms with Gasteiger partial charge in [-0.05, 0) is 56.1 Å². The summed E-state index contributed by atoms with van der Waals surface area (Å²) in [6.45, 7) is 1.72. The summed E-state index contributed by atoms with van der Waals surface area (Å²) < 4.78 is 0. The molecule has 0 unspecified atom stereocenters. The van der Waals surface area contributed by atoms with Gasteiger partial charge >= 0.3 is 0 Å². The van der Waals surface area contributed by atoms with E-state index in [1.165, 1.54) is 60.3 Å². The van der Waals surface area contributed by atoms with Crippen molar-refractivity contribution in [3.63, 3.8) is 0 Å². The van der Waals surface area contributed by atoms with Crippen LogP contribution in [0.5, 0.6) is 0 Å². The van der Waals surface area contributed by atoms with E-state index in [-0.39, 0.29) is 5.41 Å². The average Bonchev–Trinajstić information content (AvgIpc) is 2.67. The zero-order valence-electron chi connectivity index (χ0n) is 16.7. The van der Waals surface area contributed by atoms with Gasteiger partial charge in [0.2, 0.25) is 0 Å². The Morgan fingerprint density at radius 2 is 1.63 bits per heavy atom. The molecule has 142 valence electrons. The first-order valence-electron chi connectivity index (χ1n) is 10.3. The molecule has 0 amide bonds. The van der Waals surface area contributed by atoms with Crippen LogP contribution in [-0.2, 0) is 19.5 Å². The van der Waals surface area contributed by atoms with Crippen molar-refractivity contribution in [2.24, 2.45) is 10.4 Å². The van der Waals surface area contributed by atoms with Gasteiger partial charge in [-0.15, -0.1) is 0 Å². The zero-order valence-corrected chi connectivity index (χ0v) is 16.7. The lowest BCUT2D eigenvalue weighted by Gasteiger charge is -2.42. The highest BCUT2D eigenvalue weighted by Gasteiger charge is 2.40. The number of para-hydroxylation sites is 1. The summed E-state index contributed by atoms with van der Waals surface area (Å²) in [4.78, 5) is 7.41. The molecule has 3 heteroatoms. The summed E-state index contributed by atoms with van der Waals surface area (Å²) in [7, 11) is 4.25. The Morgan fingerprint density at radius 3 is 2.41 bits per heavy atom. The van der Waals surface area contributed by atoms with Crippen LogP contribution in [0.25, 0.3) is 0 Å². The van der Waals surface area contributed by atoms with Crippen LogP contribution in [0.3, 0.4) is 0 Å². The second kappa shape index (κ2) is 7.85. The highest BCUT2D eigenvalue weighted by atomic mass is 15.1. The van der Waals surface area contributed by atoms with Gasteiger partial charge in [0, 0.05) is 17.6 Å². The second-order valence-corrected chi connectivity index (χ2v) is 8.47. The summed E-state index contributed by atoms with van der Waals surface area (Å²) in [6.07, 6.45) is 7.65. The van der Waals surface area contributed by atoms with E-state index >= 15 is 0 Å². The first-order valence-corrected chi connectivity index (χ1v) is 10.3. The van der Waals surface area contributed by atoms with E-state index in [2.05, 4.69) is 72.8 Å². The molecule has 0 aromatic heterocycles. The first-order chi connectivity index (χ1) is 13.2. The molecule has 0 saturated heterocycles. The van der Waals surface area contributed by atoms with Gasteiger partial charge in [0.25, 0.3) is 0 Å². The third-order valence-corrected chi connectivity index (χ3v) is 6.12. The van der Waals surface area contributed by atoms with Gasteiger partial charge in [0.05, 0.1) is 6.54 Å². The Kier molecular flexibility index (Phi) is 5.31. The quantitative estimate of drug-likeness (QED) is 0.804. The van der Waals surface area contributed by atoms with Crippen LogP contribution < -0.4 is 5.32 Å². The van der Waals surface area contributed by atoms with E-state index in [9.17, 15) is 0 Å². The Balaban J connectivity index is 1.64. The average molecular weight is 362 g/mol. The number of nitrogens with zero attached hydrogens (tertiary/aromatic N) is 2. The number of aliphatic imine (C=N–C) groups is 1. The highest BCUT2D eigenvalue weighted by Crippen LogP contribution is 2.45. The normalized spacial score (nSPS) is 19.9. The van der Waals surface area contributed by atoms with Gasteiger partial charge in [-0.25, -0.2) is 0 Å². The number of hydrogen-bond donors (Lipinski definition) is 1. The molecule has 2 aliphatic rings. The number of fused-ring (bicyclic) bond motifs is 1. The molecule has 1 saturated carbocycles. The summed E-state index contributed by atoms with van der Waals surface area (Å²) in [5, 5.41) is 3.73. The molecule has 27 heavy (non-hydrogen) atoms. The Bertz CT molecular complexity index is 816. The van der Waals surface area contributed by atoms with Crippen LogP contribution in [0, 0.1) is 5.41 Å². The lowest BCUT2D eigenvalue weighted by atomic mass is 9.67. The largest absolute Gasteiger partial charge is 0.343 e. The maximum Gasteiger partial charge on any atom is 0.108 e. The summed E-state index contributed by atoms with van der Waals surface area (Å²) in [5.74, 6) is 1.22. The van der Waals surface area contributed by atoms with E-state index in [0.717, 1.165) is 19.5 Å².